The quantitative estimate of drug-likeness (QED) is 0.314. The minimum absolute atomic E-state index is 0.0283. The van der Waals surface area contributed by atoms with Crippen LogP contribution in [0.15, 0.2) is 0 Å². The molecule has 1 aliphatic heterocycles. The molecular weight excluding hydrogens is 284 g/mol. The van der Waals surface area contributed by atoms with E-state index in [-0.39, 0.29) is 24.3 Å². The van der Waals surface area contributed by atoms with E-state index in [2.05, 4.69) is 4.74 Å². The molecule has 0 aliphatic carbocycles. The second-order valence-corrected chi connectivity index (χ2v) is 5.92. The van der Waals surface area contributed by atoms with Crippen molar-refractivity contribution in [2.24, 2.45) is 5.92 Å². The van der Waals surface area contributed by atoms with Gasteiger partial charge in [-0.1, -0.05) is 51.4 Å². The van der Waals surface area contributed by atoms with E-state index in [0.29, 0.717) is 12.8 Å². The molecule has 0 aromatic rings. The molecule has 0 aromatic carbocycles. The number of methoxy groups -OCH3 is 1. The van der Waals surface area contributed by atoms with E-state index < -0.39 is 5.92 Å². The van der Waals surface area contributed by atoms with Gasteiger partial charge in [-0.25, -0.2) is 0 Å². The Morgan fingerprint density at radius 1 is 1.00 bits per heavy atom. The summed E-state index contributed by atoms with van der Waals surface area (Å²) >= 11 is 0. The van der Waals surface area contributed by atoms with Crippen LogP contribution in [0.4, 0.5) is 0 Å². The molecule has 1 fully saturated rings. The van der Waals surface area contributed by atoms with Gasteiger partial charge in [0.05, 0.1) is 7.11 Å². The van der Waals surface area contributed by atoms with Crippen LogP contribution in [0, 0.1) is 5.92 Å². The number of unbranched alkanes of at least 4 members (excludes halogenated alkanes) is 8. The van der Waals surface area contributed by atoms with E-state index >= 15 is 0 Å². The van der Waals surface area contributed by atoms with Crippen molar-refractivity contribution >= 4 is 17.7 Å². The van der Waals surface area contributed by atoms with Gasteiger partial charge in [0.15, 0.2) is 12.4 Å². The van der Waals surface area contributed by atoms with Crippen molar-refractivity contribution in [2.45, 2.75) is 70.6 Å². The van der Waals surface area contributed by atoms with Crippen molar-refractivity contribution in [3.63, 3.8) is 0 Å². The SMILES string of the molecule is COC(=O)CCCCCCCCCCCC1C(=O)COC1=O. The number of hydrogen-bond acceptors (Lipinski definition) is 5. The second kappa shape index (κ2) is 11.2. The topological polar surface area (TPSA) is 69.7 Å². The smallest absolute Gasteiger partial charge is 0.317 e. The van der Waals surface area contributed by atoms with Crippen LogP contribution in [0.5, 0.6) is 0 Å². The zero-order chi connectivity index (χ0) is 16.2. The zero-order valence-corrected chi connectivity index (χ0v) is 13.6. The summed E-state index contributed by atoms with van der Waals surface area (Å²) in [6.45, 7) is -0.0283. The number of rotatable bonds is 12. The molecule has 0 spiro atoms. The van der Waals surface area contributed by atoms with Crippen LogP contribution in [0.2, 0.25) is 0 Å². The van der Waals surface area contributed by atoms with Crippen LogP contribution >= 0.6 is 0 Å². The zero-order valence-electron chi connectivity index (χ0n) is 13.6. The summed E-state index contributed by atoms with van der Waals surface area (Å²) in [6, 6.07) is 0. The number of ether oxygens (including phenoxy) is 2. The van der Waals surface area contributed by atoms with E-state index in [1.165, 1.54) is 32.8 Å². The van der Waals surface area contributed by atoms with Crippen LogP contribution in [-0.2, 0) is 23.9 Å². The average molecular weight is 312 g/mol. The van der Waals surface area contributed by atoms with Crippen LogP contribution in [-0.4, -0.2) is 31.4 Å². The summed E-state index contributed by atoms with van der Waals surface area (Å²) in [5, 5.41) is 0. The minimum atomic E-state index is -0.491. The Kier molecular flexibility index (Phi) is 9.51. The van der Waals surface area contributed by atoms with Gasteiger partial charge in [0, 0.05) is 6.42 Å². The number of esters is 2. The molecule has 1 aliphatic rings. The number of ketones is 1. The summed E-state index contributed by atoms with van der Waals surface area (Å²) in [6.07, 6.45) is 11.1. The third-order valence-corrected chi connectivity index (χ3v) is 4.13. The van der Waals surface area contributed by atoms with Crippen molar-refractivity contribution in [3.8, 4) is 0 Å². The molecule has 1 rings (SSSR count). The normalized spacial score (nSPS) is 17.6. The molecule has 126 valence electrons. The van der Waals surface area contributed by atoms with Gasteiger partial charge in [-0.05, 0) is 12.8 Å². The molecular formula is C17H28O5. The fourth-order valence-corrected chi connectivity index (χ4v) is 2.71. The number of cyclic esters (lactones) is 1. The lowest BCUT2D eigenvalue weighted by atomic mass is 9.98. The van der Waals surface area contributed by atoms with E-state index in [9.17, 15) is 14.4 Å². The second-order valence-electron chi connectivity index (χ2n) is 5.92. The average Bonchev–Trinajstić information content (AvgIpc) is 2.83. The highest BCUT2D eigenvalue weighted by molar-refractivity contribution is 6.04. The van der Waals surface area contributed by atoms with Crippen molar-refractivity contribution in [1.82, 2.24) is 0 Å². The van der Waals surface area contributed by atoms with Gasteiger partial charge in [-0.15, -0.1) is 0 Å². The lowest BCUT2D eigenvalue weighted by Crippen LogP contribution is -2.14. The molecule has 0 N–H and O–H groups in total. The lowest BCUT2D eigenvalue weighted by molar-refractivity contribution is -0.142. The van der Waals surface area contributed by atoms with Gasteiger partial charge < -0.3 is 9.47 Å². The molecule has 0 amide bonds. The van der Waals surface area contributed by atoms with E-state index in [0.717, 1.165) is 32.1 Å². The minimum Gasteiger partial charge on any atom is -0.469 e. The van der Waals surface area contributed by atoms with Gasteiger partial charge in [0.25, 0.3) is 0 Å². The summed E-state index contributed by atoms with van der Waals surface area (Å²) in [7, 11) is 1.42. The summed E-state index contributed by atoms with van der Waals surface area (Å²) < 4.78 is 9.32. The first kappa shape index (κ1) is 18.7. The molecule has 1 unspecified atom stereocenters. The standard InChI is InChI=1S/C17H28O5/c1-21-16(19)12-10-8-6-4-2-3-5-7-9-11-14-15(18)13-22-17(14)20/h14H,2-13H2,1H3. The van der Waals surface area contributed by atoms with E-state index in [4.69, 9.17) is 4.74 Å². The largest absolute Gasteiger partial charge is 0.469 e. The fourth-order valence-electron chi connectivity index (χ4n) is 2.71. The highest BCUT2D eigenvalue weighted by Gasteiger charge is 2.34. The highest BCUT2D eigenvalue weighted by Crippen LogP contribution is 2.19. The Morgan fingerprint density at radius 2 is 1.55 bits per heavy atom. The van der Waals surface area contributed by atoms with E-state index in [1.807, 2.05) is 0 Å². The molecule has 0 saturated carbocycles. The number of carbonyl (C=O) groups is 3. The molecule has 5 nitrogen and oxygen atoms in total. The third kappa shape index (κ3) is 7.57. The lowest BCUT2D eigenvalue weighted by Gasteiger charge is -2.04. The van der Waals surface area contributed by atoms with Crippen LogP contribution in [0.1, 0.15) is 70.6 Å². The first-order chi connectivity index (χ1) is 10.6. The third-order valence-electron chi connectivity index (χ3n) is 4.13. The Balaban J connectivity index is 1.83. The van der Waals surface area contributed by atoms with Gasteiger partial charge in [0.2, 0.25) is 0 Å². The van der Waals surface area contributed by atoms with Gasteiger partial charge in [-0.2, -0.15) is 0 Å². The predicted molar refractivity (Wildman–Crippen MR) is 82.3 cm³/mol. The van der Waals surface area contributed by atoms with Crippen LogP contribution in [0.3, 0.4) is 0 Å². The summed E-state index contributed by atoms with van der Waals surface area (Å²) in [4.78, 5) is 33.5. The molecule has 5 heteroatoms. The van der Waals surface area contributed by atoms with Gasteiger partial charge in [0.1, 0.15) is 5.92 Å². The number of carbonyl (C=O) groups excluding carboxylic acids is 3. The predicted octanol–water partition coefficient (Wildman–Crippen LogP) is 3.19. The van der Waals surface area contributed by atoms with Crippen LogP contribution in [0.25, 0.3) is 0 Å². The number of Topliss-reactive ketones (excluding diaryl/α,β-unsaturated/α-hetero) is 1. The van der Waals surface area contributed by atoms with Crippen molar-refractivity contribution in [3.05, 3.63) is 0 Å². The van der Waals surface area contributed by atoms with Gasteiger partial charge >= 0.3 is 11.9 Å². The first-order valence-electron chi connectivity index (χ1n) is 8.41. The molecule has 22 heavy (non-hydrogen) atoms. The Bertz CT molecular complexity index is 348. The van der Waals surface area contributed by atoms with Crippen molar-refractivity contribution < 1.29 is 23.9 Å². The maximum absolute atomic E-state index is 11.4. The van der Waals surface area contributed by atoms with E-state index in [1.54, 1.807) is 0 Å². The maximum Gasteiger partial charge on any atom is 0.317 e. The molecule has 1 heterocycles. The Labute approximate surface area is 132 Å². The summed E-state index contributed by atoms with van der Waals surface area (Å²) in [5.74, 6) is -1.01. The molecule has 1 saturated heterocycles. The Hall–Kier alpha value is -1.39. The monoisotopic (exact) mass is 312 g/mol. The van der Waals surface area contributed by atoms with Gasteiger partial charge in [-0.3, -0.25) is 14.4 Å². The Morgan fingerprint density at radius 3 is 2.05 bits per heavy atom. The fraction of sp³-hybridized carbons (Fsp3) is 0.824. The maximum atomic E-state index is 11.4. The summed E-state index contributed by atoms with van der Waals surface area (Å²) in [5.41, 5.74) is 0. The van der Waals surface area contributed by atoms with Crippen molar-refractivity contribution in [2.75, 3.05) is 13.7 Å². The van der Waals surface area contributed by atoms with Crippen LogP contribution < -0.4 is 0 Å². The number of hydrogen-bond donors (Lipinski definition) is 0. The first-order valence-corrected chi connectivity index (χ1v) is 8.41. The molecule has 0 aromatic heterocycles. The molecule has 0 bridgehead atoms. The molecule has 1 atom stereocenters. The molecule has 0 radical (unpaired) electrons. The van der Waals surface area contributed by atoms with Crippen molar-refractivity contribution in [1.29, 1.82) is 0 Å². The highest BCUT2D eigenvalue weighted by atomic mass is 16.5.